The van der Waals surface area contributed by atoms with Crippen molar-refractivity contribution in [2.45, 2.75) is 12.2 Å². The summed E-state index contributed by atoms with van der Waals surface area (Å²) in [5.74, 6) is 0.371. The summed E-state index contributed by atoms with van der Waals surface area (Å²) in [6.07, 6.45) is -0.790. The van der Waals surface area contributed by atoms with Crippen LogP contribution in [0.2, 0.25) is 0 Å². The van der Waals surface area contributed by atoms with Gasteiger partial charge in [-0.25, -0.2) is 0 Å². The van der Waals surface area contributed by atoms with Crippen LogP contribution in [0.4, 0.5) is 12.9 Å². The fourth-order valence-corrected chi connectivity index (χ4v) is 1.62. The van der Waals surface area contributed by atoms with Gasteiger partial charge in [-0.3, -0.25) is 0 Å². The molecule has 0 amide bonds. The molecule has 0 atom stereocenters. The van der Waals surface area contributed by atoms with Gasteiger partial charge < -0.3 is 17.7 Å². The summed E-state index contributed by atoms with van der Waals surface area (Å²) in [6, 6.07) is 6.65. The average molecular weight is 254 g/mol. The molecule has 82 valence electrons. The number of halogens is 3. The quantitative estimate of drug-likeness (QED) is 0.675. The molecule has 0 saturated carbocycles. The molecule has 0 aromatic heterocycles. The Morgan fingerprint density at radius 2 is 1.69 bits per heavy atom. The molecule has 0 N–H and O–H groups in total. The standard InChI is InChI=1S/C10H11BF3O.K/c12-11(13,14)5-8-1-3-9(4-2-8)10-6-15-7-10;/h1-4,10H,5-7H2;/q-1;+1. The molecular formula is C10H11BF3KO. The molecule has 1 nitrogen and oxygen atoms in total. The fourth-order valence-electron chi connectivity index (χ4n) is 1.62. The Morgan fingerprint density at radius 1 is 1.12 bits per heavy atom. The van der Waals surface area contributed by atoms with Gasteiger partial charge in [0.05, 0.1) is 13.2 Å². The summed E-state index contributed by atoms with van der Waals surface area (Å²) >= 11 is 0. The van der Waals surface area contributed by atoms with E-state index in [4.69, 9.17) is 4.74 Å². The fraction of sp³-hybridized carbons (Fsp3) is 0.400. The van der Waals surface area contributed by atoms with Crippen molar-refractivity contribution in [3.05, 3.63) is 35.4 Å². The minimum Gasteiger partial charge on any atom is -0.449 e. The SMILES string of the molecule is F[B-](F)(F)Cc1ccc(C2COC2)cc1.[K+]. The molecule has 1 aromatic carbocycles. The van der Waals surface area contributed by atoms with Crippen LogP contribution in [-0.2, 0) is 11.1 Å². The van der Waals surface area contributed by atoms with E-state index in [0.717, 1.165) is 5.56 Å². The van der Waals surface area contributed by atoms with E-state index in [0.29, 0.717) is 24.7 Å². The maximum Gasteiger partial charge on any atom is 1.00 e. The van der Waals surface area contributed by atoms with Crippen LogP contribution < -0.4 is 51.4 Å². The van der Waals surface area contributed by atoms with Crippen molar-refractivity contribution >= 4 is 6.98 Å². The van der Waals surface area contributed by atoms with E-state index in [1.165, 1.54) is 0 Å². The van der Waals surface area contributed by atoms with Crippen molar-refractivity contribution in [3.63, 3.8) is 0 Å². The molecule has 6 heteroatoms. The molecule has 1 saturated heterocycles. The van der Waals surface area contributed by atoms with Crippen LogP contribution in [-0.4, -0.2) is 20.2 Å². The van der Waals surface area contributed by atoms with Crippen LogP contribution in [0.3, 0.4) is 0 Å². The van der Waals surface area contributed by atoms with Crippen LogP contribution >= 0.6 is 0 Å². The second kappa shape index (κ2) is 6.02. The molecule has 0 aliphatic carbocycles. The molecule has 1 fully saturated rings. The van der Waals surface area contributed by atoms with Gasteiger partial charge in [-0.2, -0.15) is 0 Å². The van der Waals surface area contributed by atoms with E-state index in [9.17, 15) is 12.9 Å². The van der Waals surface area contributed by atoms with Gasteiger partial charge in [0.25, 0.3) is 0 Å². The van der Waals surface area contributed by atoms with E-state index in [-0.39, 0.29) is 51.4 Å². The topological polar surface area (TPSA) is 9.23 Å². The molecule has 16 heavy (non-hydrogen) atoms. The Morgan fingerprint density at radius 3 is 2.06 bits per heavy atom. The van der Waals surface area contributed by atoms with Gasteiger partial charge in [0, 0.05) is 5.92 Å². The summed E-state index contributed by atoms with van der Waals surface area (Å²) < 4.78 is 41.4. The zero-order valence-electron chi connectivity index (χ0n) is 9.13. The predicted molar refractivity (Wildman–Crippen MR) is 52.8 cm³/mol. The summed E-state index contributed by atoms with van der Waals surface area (Å²) in [5.41, 5.74) is 1.41. The summed E-state index contributed by atoms with van der Waals surface area (Å²) in [5, 5.41) is 0. The summed E-state index contributed by atoms with van der Waals surface area (Å²) in [7, 11) is 0. The van der Waals surface area contributed by atoms with Gasteiger partial charge in [-0.1, -0.05) is 36.1 Å². The first-order valence-corrected chi connectivity index (χ1v) is 4.92. The van der Waals surface area contributed by atoms with Crippen molar-refractivity contribution in [1.82, 2.24) is 0 Å². The van der Waals surface area contributed by atoms with E-state index >= 15 is 0 Å². The number of benzene rings is 1. The largest absolute Gasteiger partial charge is 1.00 e. The zero-order valence-corrected chi connectivity index (χ0v) is 12.3. The van der Waals surface area contributed by atoms with Crippen molar-refractivity contribution < 1.29 is 69.1 Å². The number of hydrogen-bond donors (Lipinski definition) is 0. The number of rotatable bonds is 3. The van der Waals surface area contributed by atoms with Crippen LogP contribution in [0.15, 0.2) is 24.3 Å². The second-order valence-electron chi connectivity index (χ2n) is 3.89. The van der Waals surface area contributed by atoms with Crippen LogP contribution in [0.25, 0.3) is 0 Å². The van der Waals surface area contributed by atoms with Crippen molar-refractivity contribution in [2.24, 2.45) is 0 Å². The Kier molecular flexibility index (Phi) is 5.54. The first-order valence-electron chi connectivity index (χ1n) is 4.92. The Bertz CT molecular complexity index is 335. The molecule has 1 aliphatic rings. The molecule has 1 aliphatic heterocycles. The van der Waals surface area contributed by atoms with Crippen molar-refractivity contribution in [1.29, 1.82) is 0 Å². The minimum absolute atomic E-state index is 0. The Hall–Kier alpha value is 0.671. The minimum atomic E-state index is -4.73. The van der Waals surface area contributed by atoms with E-state index in [2.05, 4.69) is 0 Å². The maximum absolute atomic E-state index is 12.1. The third-order valence-electron chi connectivity index (χ3n) is 2.56. The van der Waals surface area contributed by atoms with Gasteiger partial charge in [-0.05, 0) is 5.56 Å². The van der Waals surface area contributed by atoms with Crippen molar-refractivity contribution in [2.75, 3.05) is 13.2 Å². The normalized spacial score (nSPS) is 16.4. The average Bonchev–Trinajstić information content (AvgIpc) is 2.02. The Labute approximate surface area is 135 Å². The van der Waals surface area contributed by atoms with Gasteiger partial charge >= 0.3 is 58.4 Å². The number of hydrogen-bond acceptors (Lipinski definition) is 1. The van der Waals surface area contributed by atoms with Gasteiger partial charge in [0.2, 0.25) is 0 Å². The van der Waals surface area contributed by atoms with E-state index < -0.39 is 13.3 Å². The van der Waals surface area contributed by atoms with E-state index in [1.54, 1.807) is 24.3 Å². The molecule has 1 heterocycles. The van der Waals surface area contributed by atoms with Crippen LogP contribution in [0.5, 0.6) is 0 Å². The smallest absolute Gasteiger partial charge is 0.449 e. The van der Waals surface area contributed by atoms with Gasteiger partial charge in [0.1, 0.15) is 0 Å². The first-order chi connectivity index (χ1) is 7.04. The predicted octanol–water partition coefficient (Wildman–Crippen LogP) is -0.267. The van der Waals surface area contributed by atoms with E-state index in [1.807, 2.05) is 0 Å². The van der Waals surface area contributed by atoms with Gasteiger partial charge in [-0.15, -0.1) is 0 Å². The molecule has 1 aromatic rings. The molecule has 0 unspecified atom stereocenters. The molecule has 0 bridgehead atoms. The number of ether oxygens (including phenoxy) is 1. The summed E-state index contributed by atoms with van der Waals surface area (Å²) in [4.78, 5) is 0. The second-order valence-corrected chi connectivity index (χ2v) is 3.89. The Balaban J connectivity index is 0.00000128. The molecular weight excluding hydrogens is 243 g/mol. The third-order valence-corrected chi connectivity index (χ3v) is 2.56. The van der Waals surface area contributed by atoms with Crippen molar-refractivity contribution in [3.8, 4) is 0 Å². The first kappa shape index (κ1) is 14.7. The maximum atomic E-state index is 12.1. The molecule has 2 rings (SSSR count). The monoisotopic (exact) mass is 254 g/mol. The molecule has 0 spiro atoms. The van der Waals surface area contributed by atoms with Crippen LogP contribution in [0, 0.1) is 0 Å². The summed E-state index contributed by atoms with van der Waals surface area (Å²) in [6.45, 7) is -3.36. The zero-order chi connectivity index (χ0) is 10.9. The van der Waals surface area contributed by atoms with Gasteiger partial charge in [0.15, 0.2) is 0 Å². The third kappa shape index (κ3) is 4.16. The van der Waals surface area contributed by atoms with Crippen LogP contribution in [0.1, 0.15) is 17.0 Å². The molecule has 0 radical (unpaired) electrons.